The molecule has 6 heteroatoms. The molecule has 102 valence electrons. The number of ether oxygens (including phenoxy) is 1. The van der Waals surface area contributed by atoms with Crippen LogP contribution in [0.15, 0.2) is 22.7 Å². The van der Waals surface area contributed by atoms with Crippen molar-refractivity contribution in [2.75, 3.05) is 13.7 Å². The second-order valence-electron chi connectivity index (χ2n) is 4.26. The topological polar surface area (TPSA) is 94.4 Å². The zero-order valence-corrected chi connectivity index (χ0v) is 11.0. The highest BCUT2D eigenvalue weighted by Gasteiger charge is 2.15. The lowest BCUT2D eigenvalue weighted by Gasteiger charge is -2.04. The quantitative estimate of drug-likeness (QED) is 0.847. The Morgan fingerprint density at radius 3 is 2.89 bits per heavy atom. The normalized spacial score (nSPS) is 12.4. The minimum atomic E-state index is -0.439. The lowest BCUT2D eigenvalue weighted by atomic mass is 10.1. The van der Waals surface area contributed by atoms with Crippen LogP contribution in [0.25, 0.3) is 11.4 Å². The highest BCUT2D eigenvalue weighted by Crippen LogP contribution is 2.25. The van der Waals surface area contributed by atoms with Crippen LogP contribution in [0.1, 0.15) is 23.9 Å². The van der Waals surface area contributed by atoms with Gasteiger partial charge in [-0.15, -0.1) is 0 Å². The molecule has 1 heterocycles. The zero-order chi connectivity index (χ0) is 13.8. The van der Waals surface area contributed by atoms with E-state index in [2.05, 4.69) is 10.1 Å². The van der Waals surface area contributed by atoms with Gasteiger partial charge in [0.15, 0.2) is 0 Å². The summed E-state index contributed by atoms with van der Waals surface area (Å²) in [5, 5.41) is 12.7. The number of hydrogen-bond donors (Lipinski definition) is 2. The second-order valence-corrected chi connectivity index (χ2v) is 4.26. The van der Waals surface area contributed by atoms with Crippen LogP contribution in [-0.4, -0.2) is 29.0 Å². The van der Waals surface area contributed by atoms with Crippen molar-refractivity contribution in [3.63, 3.8) is 0 Å². The zero-order valence-electron chi connectivity index (χ0n) is 11.0. The van der Waals surface area contributed by atoms with E-state index >= 15 is 0 Å². The van der Waals surface area contributed by atoms with Crippen molar-refractivity contribution in [3.8, 4) is 17.1 Å². The third-order valence-corrected chi connectivity index (χ3v) is 2.85. The van der Waals surface area contributed by atoms with Gasteiger partial charge in [0.05, 0.1) is 13.2 Å². The largest absolute Gasteiger partial charge is 0.496 e. The number of aliphatic hydroxyl groups is 1. The molecule has 0 radical (unpaired) electrons. The molecule has 0 saturated heterocycles. The van der Waals surface area contributed by atoms with Crippen molar-refractivity contribution in [1.29, 1.82) is 0 Å². The van der Waals surface area contributed by atoms with Gasteiger partial charge in [-0.3, -0.25) is 0 Å². The van der Waals surface area contributed by atoms with Crippen molar-refractivity contribution in [2.45, 2.75) is 19.4 Å². The van der Waals surface area contributed by atoms with Crippen LogP contribution in [0.4, 0.5) is 0 Å². The fraction of sp³-hybridized carbons (Fsp3) is 0.385. The Morgan fingerprint density at radius 2 is 2.26 bits per heavy atom. The van der Waals surface area contributed by atoms with Gasteiger partial charge in [0, 0.05) is 12.2 Å². The molecule has 0 aliphatic rings. The molecule has 0 aliphatic heterocycles. The van der Waals surface area contributed by atoms with Gasteiger partial charge in [0.25, 0.3) is 0 Å². The maximum atomic E-state index is 8.83. The average Bonchev–Trinajstić information content (AvgIpc) is 2.88. The number of methoxy groups -OCH3 is 1. The van der Waals surface area contributed by atoms with Crippen LogP contribution in [0.2, 0.25) is 0 Å². The maximum Gasteiger partial charge on any atom is 0.243 e. The molecule has 0 fully saturated rings. The number of rotatable bonds is 5. The first-order valence-corrected chi connectivity index (χ1v) is 6.00. The van der Waals surface area contributed by atoms with E-state index < -0.39 is 6.04 Å². The molecule has 0 bridgehead atoms. The van der Waals surface area contributed by atoms with E-state index in [1.54, 1.807) is 7.11 Å². The number of benzene rings is 1. The van der Waals surface area contributed by atoms with E-state index in [1.165, 1.54) is 0 Å². The van der Waals surface area contributed by atoms with E-state index in [-0.39, 0.29) is 6.61 Å². The summed E-state index contributed by atoms with van der Waals surface area (Å²) in [5.41, 5.74) is 7.63. The van der Waals surface area contributed by atoms with Crippen LogP contribution < -0.4 is 10.5 Å². The summed E-state index contributed by atoms with van der Waals surface area (Å²) in [6, 6.07) is 5.20. The van der Waals surface area contributed by atoms with Crippen molar-refractivity contribution < 1.29 is 14.4 Å². The number of nitrogens with two attached hydrogens (primary N) is 1. The van der Waals surface area contributed by atoms with Gasteiger partial charge >= 0.3 is 0 Å². The van der Waals surface area contributed by atoms with Gasteiger partial charge < -0.3 is 20.1 Å². The molecule has 3 N–H and O–H groups in total. The first kappa shape index (κ1) is 13.5. The summed E-state index contributed by atoms with van der Waals surface area (Å²) >= 11 is 0. The number of hydrogen-bond acceptors (Lipinski definition) is 6. The fourth-order valence-corrected chi connectivity index (χ4v) is 1.78. The first-order chi connectivity index (χ1) is 9.15. The SMILES string of the molecule is COc1ccc(-c2noc(C(N)CCO)n2)cc1C. The van der Waals surface area contributed by atoms with E-state index in [0.717, 1.165) is 16.9 Å². The van der Waals surface area contributed by atoms with Gasteiger partial charge in [-0.25, -0.2) is 0 Å². The highest BCUT2D eigenvalue weighted by atomic mass is 16.5. The summed E-state index contributed by atoms with van der Waals surface area (Å²) in [4.78, 5) is 4.24. The van der Waals surface area contributed by atoms with Crippen LogP contribution in [0.5, 0.6) is 5.75 Å². The molecule has 1 aromatic carbocycles. The molecule has 1 atom stereocenters. The van der Waals surface area contributed by atoms with Crippen LogP contribution >= 0.6 is 0 Å². The molecule has 19 heavy (non-hydrogen) atoms. The molecule has 0 amide bonds. The number of nitrogens with zero attached hydrogens (tertiary/aromatic N) is 2. The minimum absolute atomic E-state index is 0.0134. The second kappa shape index (κ2) is 5.81. The van der Waals surface area contributed by atoms with Crippen molar-refractivity contribution in [3.05, 3.63) is 29.7 Å². The van der Waals surface area contributed by atoms with Gasteiger partial charge in [0.2, 0.25) is 11.7 Å². The molecule has 0 saturated carbocycles. The van der Waals surface area contributed by atoms with E-state index in [9.17, 15) is 0 Å². The fourth-order valence-electron chi connectivity index (χ4n) is 1.78. The number of aliphatic hydroxyl groups excluding tert-OH is 1. The van der Waals surface area contributed by atoms with Gasteiger partial charge in [0.1, 0.15) is 5.75 Å². The predicted molar refractivity (Wildman–Crippen MR) is 69.7 cm³/mol. The third kappa shape index (κ3) is 2.91. The van der Waals surface area contributed by atoms with Gasteiger partial charge in [-0.2, -0.15) is 4.98 Å². The molecule has 6 nitrogen and oxygen atoms in total. The molecule has 2 rings (SSSR count). The van der Waals surface area contributed by atoms with Crippen LogP contribution in [0.3, 0.4) is 0 Å². The monoisotopic (exact) mass is 263 g/mol. The van der Waals surface area contributed by atoms with Crippen LogP contribution in [0, 0.1) is 6.92 Å². The van der Waals surface area contributed by atoms with Crippen molar-refractivity contribution in [2.24, 2.45) is 5.73 Å². The predicted octanol–water partition coefficient (Wildman–Crippen LogP) is 1.44. The summed E-state index contributed by atoms with van der Waals surface area (Å²) in [6.45, 7) is 1.93. The summed E-state index contributed by atoms with van der Waals surface area (Å²) < 4.78 is 10.3. The van der Waals surface area contributed by atoms with E-state index in [1.807, 2.05) is 25.1 Å². The lowest BCUT2D eigenvalue weighted by Crippen LogP contribution is -2.12. The van der Waals surface area contributed by atoms with Crippen molar-refractivity contribution >= 4 is 0 Å². The van der Waals surface area contributed by atoms with Crippen molar-refractivity contribution in [1.82, 2.24) is 10.1 Å². The Bertz CT molecular complexity index is 554. The Kier molecular flexibility index (Phi) is 4.13. The minimum Gasteiger partial charge on any atom is -0.496 e. The summed E-state index contributed by atoms with van der Waals surface area (Å²) in [7, 11) is 1.63. The summed E-state index contributed by atoms with van der Waals surface area (Å²) in [5.74, 6) is 1.62. The Balaban J connectivity index is 2.25. The molecule has 2 aromatic rings. The molecule has 0 spiro atoms. The molecular formula is C13H17N3O3. The average molecular weight is 263 g/mol. The maximum absolute atomic E-state index is 8.83. The van der Waals surface area contributed by atoms with E-state index in [0.29, 0.717) is 18.1 Å². The highest BCUT2D eigenvalue weighted by molar-refractivity contribution is 5.58. The molecular weight excluding hydrogens is 246 g/mol. The Labute approximate surface area is 111 Å². The summed E-state index contributed by atoms with van der Waals surface area (Å²) in [6.07, 6.45) is 0.392. The van der Waals surface area contributed by atoms with Crippen LogP contribution in [-0.2, 0) is 0 Å². The number of aromatic nitrogens is 2. The standard InChI is InChI=1S/C13H17N3O3/c1-8-7-9(3-4-11(8)18-2)12-15-13(19-16-12)10(14)5-6-17/h3-4,7,10,17H,5-6,14H2,1-2H3. The van der Waals surface area contributed by atoms with Gasteiger partial charge in [-0.05, 0) is 37.1 Å². The lowest BCUT2D eigenvalue weighted by molar-refractivity contribution is 0.259. The number of aryl methyl sites for hydroxylation is 1. The molecule has 1 unspecified atom stereocenters. The van der Waals surface area contributed by atoms with Gasteiger partial charge in [-0.1, -0.05) is 5.16 Å². The Morgan fingerprint density at radius 1 is 1.47 bits per heavy atom. The first-order valence-electron chi connectivity index (χ1n) is 6.00. The third-order valence-electron chi connectivity index (χ3n) is 2.85. The molecule has 0 aliphatic carbocycles. The smallest absolute Gasteiger partial charge is 0.243 e. The Hall–Kier alpha value is -1.92. The molecule has 1 aromatic heterocycles. The van der Waals surface area contributed by atoms with E-state index in [4.69, 9.17) is 20.1 Å².